The van der Waals surface area contributed by atoms with Gasteiger partial charge in [-0.15, -0.1) is 0 Å². The van der Waals surface area contributed by atoms with Crippen LogP contribution < -0.4 is 16.8 Å². The minimum atomic E-state index is -0.262. The molecule has 0 aliphatic heterocycles. The molecule has 1 aromatic rings. The molecule has 0 radical (unpaired) electrons. The molecule has 4 unspecified atom stereocenters. The lowest BCUT2D eigenvalue weighted by molar-refractivity contribution is -0.127. The van der Waals surface area contributed by atoms with Crippen molar-refractivity contribution in [3.63, 3.8) is 0 Å². The molecule has 2 bridgehead atoms. The van der Waals surface area contributed by atoms with Gasteiger partial charge in [0.25, 0.3) is 0 Å². The van der Waals surface area contributed by atoms with Crippen LogP contribution in [0.5, 0.6) is 0 Å². The van der Waals surface area contributed by atoms with Crippen LogP contribution in [0.4, 0.5) is 0 Å². The number of nitrogens with one attached hydrogen (secondary N) is 1. The Morgan fingerprint density at radius 2 is 1.78 bits per heavy atom. The van der Waals surface area contributed by atoms with E-state index in [0.29, 0.717) is 23.9 Å². The lowest BCUT2D eigenvalue weighted by Crippen LogP contribution is -2.55. The second-order valence-corrected chi connectivity index (χ2v) is 7.44. The highest BCUT2D eigenvalue weighted by molar-refractivity contribution is 5.79. The third-order valence-corrected chi connectivity index (χ3v) is 5.82. The molecule has 2 saturated carbocycles. The topological polar surface area (TPSA) is 81.1 Å². The number of nitrogens with two attached hydrogens (primary N) is 2. The van der Waals surface area contributed by atoms with Gasteiger partial charge in [-0.25, -0.2) is 0 Å². The minimum Gasteiger partial charge on any atom is -0.353 e. The SMILES string of the molecule is CC(C(=O)NC1C2CCCC1CC(N)C2)C(N)c1ccccc1. The quantitative estimate of drug-likeness (QED) is 0.797. The molecule has 2 fully saturated rings. The fourth-order valence-electron chi connectivity index (χ4n) is 4.45. The molecule has 2 aliphatic rings. The number of amides is 1. The third-order valence-electron chi connectivity index (χ3n) is 5.82. The largest absolute Gasteiger partial charge is 0.353 e. The Morgan fingerprint density at radius 1 is 1.17 bits per heavy atom. The zero-order valence-corrected chi connectivity index (χ0v) is 13.9. The molecule has 0 spiro atoms. The first-order chi connectivity index (χ1) is 11.1. The maximum absolute atomic E-state index is 12.7. The average Bonchev–Trinajstić information content (AvgIpc) is 2.55. The normalized spacial score (nSPS) is 32.8. The van der Waals surface area contributed by atoms with Crippen molar-refractivity contribution in [1.82, 2.24) is 5.32 Å². The first-order valence-corrected chi connectivity index (χ1v) is 8.92. The Labute approximate surface area is 139 Å². The maximum Gasteiger partial charge on any atom is 0.224 e. The Hall–Kier alpha value is -1.39. The van der Waals surface area contributed by atoms with Crippen LogP contribution in [0, 0.1) is 17.8 Å². The Bertz CT molecular complexity index is 519. The molecule has 0 aromatic heterocycles. The van der Waals surface area contributed by atoms with Crippen LogP contribution in [0.3, 0.4) is 0 Å². The molecule has 4 heteroatoms. The molecule has 126 valence electrons. The molecule has 0 saturated heterocycles. The molecule has 4 nitrogen and oxygen atoms in total. The van der Waals surface area contributed by atoms with E-state index in [2.05, 4.69) is 5.32 Å². The molecule has 0 heterocycles. The number of carbonyl (C=O) groups excluding carboxylic acids is 1. The van der Waals surface area contributed by atoms with Crippen LogP contribution in [0.25, 0.3) is 0 Å². The lowest BCUT2D eigenvalue weighted by Gasteiger charge is -2.45. The van der Waals surface area contributed by atoms with Gasteiger partial charge in [0, 0.05) is 18.1 Å². The van der Waals surface area contributed by atoms with Crippen molar-refractivity contribution in [2.45, 2.75) is 57.2 Å². The molecule has 1 aromatic carbocycles. The summed E-state index contributed by atoms with van der Waals surface area (Å²) in [5, 5.41) is 3.32. The maximum atomic E-state index is 12.7. The van der Waals surface area contributed by atoms with Gasteiger partial charge in [0.05, 0.1) is 5.92 Å². The van der Waals surface area contributed by atoms with Gasteiger partial charge >= 0.3 is 0 Å². The molecule has 3 rings (SSSR count). The van der Waals surface area contributed by atoms with E-state index in [1.807, 2.05) is 37.3 Å². The van der Waals surface area contributed by atoms with Gasteiger partial charge in [0.15, 0.2) is 0 Å². The number of carbonyl (C=O) groups is 1. The summed E-state index contributed by atoms with van der Waals surface area (Å²) >= 11 is 0. The van der Waals surface area contributed by atoms with E-state index in [9.17, 15) is 4.79 Å². The van der Waals surface area contributed by atoms with Gasteiger partial charge in [-0.05, 0) is 43.1 Å². The number of benzene rings is 1. The molecule has 1 amide bonds. The zero-order chi connectivity index (χ0) is 16.4. The van der Waals surface area contributed by atoms with Crippen LogP contribution in [0.15, 0.2) is 30.3 Å². The lowest BCUT2D eigenvalue weighted by atomic mass is 9.67. The first-order valence-electron chi connectivity index (χ1n) is 8.92. The second kappa shape index (κ2) is 7.02. The van der Waals surface area contributed by atoms with Crippen molar-refractivity contribution in [3.8, 4) is 0 Å². The predicted molar refractivity (Wildman–Crippen MR) is 92.5 cm³/mol. The first kappa shape index (κ1) is 16.5. The summed E-state index contributed by atoms with van der Waals surface area (Å²) in [4.78, 5) is 12.7. The minimum absolute atomic E-state index is 0.0822. The number of hydrogen-bond donors (Lipinski definition) is 3. The monoisotopic (exact) mass is 315 g/mol. The summed E-state index contributed by atoms with van der Waals surface area (Å²) < 4.78 is 0. The summed E-state index contributed by atoms with van der Waals surface area (Å²) in [6.45, 7) is 1.93. The smallest absolute Gasteiger partial charge is 0.224 e. The predicted octanol–water partition coefficient (Wildman–Crippen LogP) is 2.34. The van der Waals surface area contributed by atoms with Crippen molar-refractivity contribution in [3.05, 3.63) is 35.9 Å². The van der Waals surface area contributed by atoms with Crippen LogP contribution in [-0.4, -0.2) is 18.0 Å². The Morgan fingerprint density at radius 3 is 2.39 bits per heavy atom. The van der Waals surface area contributed by atoms with E-state index >= 15 is 0 Å². The van der Waals surface area contributed by atoms with Gasteiger partial charge in [-0.1, -0.05) is 43.7 Å². The van der Waals surface area contributed by atoms with Crippen molar-refractivity contribution >= 4 is 5.91 Å². The fraction of sp³-hybridized carbons (Fsp3) is 0.632. The number of fused-ring (bicyclic) bond motifs is 2. The molecular weight excluding hydrogens is 286 g/mol. The second-order valence-electron chi connectivity index (χ2n) is 7.44. The highest BCUT2D eigenvalue weighted by Gasteiger charge is 2.40. The van der Waals surface area contributed by atoms with Gasteiger partial charge < -0.3 is 16.8 Å². The zero-order valence-electron chi connectivity index (χ0n) is 13.9. The van der Waals surface area contributed by atoms with Crippen LogP contribution in [0.1, 0.15) is 50.6 Å². The highest BCUT2D eigenvalue weighted by Crippen LogP contribution is 2.39. The Balaban J connectivity index is 1.64. The van der Waals surface area contributed by atoms with Crippen LogP contribution >= 0.6 is 0 Å². The molecular formula is C19H29N3O. The molecule has 2 aliphatic carbocycles. The van der Waals surface area contributed by atoms with Gasteiger partial charge in [0.2, 0.25) is 5.91 Å². The van der Waals surface area contributed by atoms with Crippen molar-refractivity contribution in [2.75, 3.05) is 0 Å². The van der Waals surface area contributed by atoms with E-state index in [0.717, 1.165) is 18.4 Å². The van der Waals surface area contributed by atoms with E-state index in [1.54, 1.807) is 0 Å². The van der Waals surface area contributed by atoms with Crippen LogP contribution in [-0.2, 0) is 4.79 Å². The van der Waals surface area contributed by atoms with Gasteiger partial charge in [0.1, 0.15) is 0 Å². The molecule has 5 N–H and O–H groups in total. The van der Waals surface area contributed by atoms with E-state index in [1.165, 1.54) is 19.3 Å². The summed E-state index contributed by atoms with van der Waals surface area (Å²) in [5.41, 5.74) is 13.5. The van der Waals surface area contributed by atoms with Crippen LogP contribution in [0.2, 0.25) is 0 Å². The standard InChI is InChI=1S/C19H29N3O/c1-12(17(21)13-6-3-2-4-7-13)19(23)22-18-14-8-5-9-15(18)11-16(20)10-14/h2-4,6-7,12,14-18H,5,8-11,20-21H2,1H3,(H,22,23). The van der Waals surface area contributed by atoms with Gasteiger partial charge in [-0.2, -0.15) is 0 Å². The summed E-state index contributed by atoms with van der Waals surface area (Å²) in [5.74, 6) is 0.940. The van der Waals surface area contributed by atoms with Crippen molar-refractivity contribution in [1.29, 1.82) is 0 Å². The van der Waals surface area contributed by atoms with E-state index < -0.39 is 0 Å². The van der Waals surface area contributed by atoms with Crippen molar-refractivity contribution < 1.29 is 4.79 Å². The average molecular weight is 315 g/mol. The summed E-state index contributed by atoms with van der Waals surface area (Å²) in [6.07, 6.45) is 5.73. The van der Waals surface area contributed by atoms with Crippen molar-refractivity contribution in [2.24, 2.45) is 29.2 Å². The Kier molecular flexibility index (Phi) is 5.02. The highest BCUT2D eigenvalue weighted by atomic mass is 16.2. The molecule has 4 atom stereocenters. The summed E-state index contributed by atoms with van der Waals surface area (Å²) in [6, 6.07) is 10.2. The summed E-state index contributed by atoms with van der Waals surface area (Å²) in [7, 11) is 0. The number of rotatable bonds is 4. The fourth-order valence-corrected chi connectivity index (χ4v) is 4.45. The molecule has 23 heavy (non-hydrogen) atoms. The van der Waals surface area contributed by atoms with E-state index in [4.69, 9.17) is 11.5 Å². The van der Waals surface area contributed by atoms with E-state index in [-0.39, 0.29) is 17.9 Å². The third kappa shape index (κ3) is 3.59. The number of hydrogen-bond acceptors (Lipinski definition) is 3. The van der Waals surface area contributed by atoms with Gasteiger partial charge in [-0.3, -0.25) is 4.79 Å².